The fourth-order valence-electron chi connectivity index (χ4n) is 1.86. The van der Waals surface area contributed by atoms with E-state index in [-0.39, 0.29) is 12.6 Å². The van der Waals surface area contributed by atoms with Gasteiger partial charge in [0.25, 0.3) is 0 Å². The first-order valence-corrected chi connectivity index (χ1v) is 6.85. The van der Waals surface area contributed by atoms with Crippen molar-refractivity contribution in [3.05, 3.63) is 28.8 Å². The van der Waals surface area contributed by atoms with Crippen molar-refractivity contribution >= 4 is 29.5 Å². The van der Waals surface area contributed by atoms with Crippen LogP contribution in [0.3, 0.4) is 0 Å². The highest BCUT2D eigenvalue weighted by Crippen LogP contribution is 2.29. The van der Waals surface area contributed by atoms with Crippen LogP contribution in [0.25, 0.3) is 0 Å². The first-order chi connectivity index (χ1) is 9.74. The number of halogens is 1. The Labute approximate surface area is 127 Å². The smallest absolute Gasteiger partial charge is 0.412 e. The number of ether oxygens (including phenoxy) is 2. The van der Waals surface area contributed by atoms with Crippen molar-refractivity contribution < 1.29 is 19.1 Å². The SMILES string of the molecule is CC(C)(C)OC(=O)Nc1ccc(Cl)c(C2COC(=O)N2)c1. The summed E-state index contributed by atoms with van der Waals surface area (Å²) < 4.78 is 10.0. The average Bonchev–Trinajstić information content (AvgIpc) is 2.76. The van der Waals surface area contributed by atoms with E-state index in [2.05, 4.69) is 10.6 Å². The van der Waals surface area contributed by atoms with E-state index in [0.717, 1.165) is 0 Å². The van der Waals surface area contributed by atoms with Gasteiger partial charge in [-0.05, 0) is 44.5 Å². The van der Waals surface area contributed by atoms with Gasteiger partial charge >= 0.3 is 12.2 Å². The van der Waals surface area contributed by atoms with Crippen LogP contribution in [0.15, 0.2) is 18.2 Å². The summed E-state index contributed by atoms with van der Waals surface area (Å²) in [4.78, 5) is 22.8. The summed E-state index contributed by atoms with van der Waals surface area (Å²) in [6.45, 7) is 5.55. The molecule has 1 heterocycles. The van der Waals surface area contributed by atoms with Crippen LogP contribution in [0.2, 0.25) is 5.02 Å². The minimum Gasteiger partial charge on any atom is -0.447 e. The van der Waals surface area contributed by atoms with E-state index in [4.69, 9.17) is 21.1 Å². The highest BCUT2D eigenvalue weighted by Gasteiger charge is 2.26. The van der Waals surface area contributed by atoms with Crippen LogP contribution in [0.1, 0.15) is 32.4 Å². The zero-order valence-corrected chi connectivity index (χ0v) is 12.8. The predicted octanol–water partition coefficient (Wildman–Crippen LogP) is 3.47. The molecule has 6 nitrogen and oxygen atoms in total. The molecule has 2 N–H and O–H groups in total. The Bertz CT molecular complexity index is 569. The molecule has 1 aliphatic heterocycles. The second kappa shape index (κ2) is 5.81. The quantitative estimate of drug-likeness (QED) is 0.876. The molecule has 114 valence electrons. The van der Waals surface area contributed by atoms with Gasteiger partial charge in [0, 0.05) is 10.7 Å². The molecule has 2 rings (SSSR count). The molecule has 1 fully saturated rings. The maximum absolute atomic E-state index is 11.7. The number of rotatable bonds is 2. The van der Waals surface area contributed by atoms with Crippen molar-refractivity contribution in [1.29, 1.82) is 0 Å². The Kier molecular flexibility index (Phi) is 4.27. The lowest BCUT2D eigenvalue weighted by Gasteiger charge is -2.20. The molecule has 21 heavy (non-hydrogen) atoms. The number of amides is 2. The molecule has 2 amide bonds. The molecule has 1 saturated heterocycles. The molecular weight excluding hydrogens is 296 g/mol. The Hall–Kier alpha value is -1.95. The minimum absolute atomic E-state index is 0.203. The molecule has 0 saturated carbocycles. The monoisotopic (exact) mass is 312 g/mol. The van der Waals surface area contributed by atoms with Crippen LogP contribution in [-0.2, 0) is 9.47 Å². The van der Waals surface area contributed by atoms with Crippen LogP contribution >= 0.6 is 11.6 Å². The van der Waals surface area contributed by atoms with Crippen LogP contribution in [0.5, 0.6) is 0 Å². The van der Waals surface area contributed by atoms with Crippen molar-refractivity contribution in [2.24, 2.45) is 0 Å². The largest absolute Gasteiger partial charge is 0.447 e. The number of nitrogens with one attached hydrogen (secondary N) is 2. The predicted molar refractivity (Wildman–Crippen MR) is 78.5 cm³/mol. The number of anilines is 1. The fourth-order valence-corrected chi connectivity index (χ4v) is 2.11. The van der Waals surface area contributed by atoms with Gasteiger partial charge in [0.1, 0.15) is 12.2 Å². The van der Waals surface area contributed by atoms with Gasteiger partial charge < -0.3 is 14.8 Å². The third kappa shape index (κ3) is 4.26. The van der Waals surface area contributed by atoms with Gasteiger partial charge in [-0.2, -0.15) is 0 Å². The maximum atomic E-state index is 11.7. The third-order valence-electron chi connectivity index (χ3n) is 2.69. The van der Waals surface area contributed by atoms with Crippen molar-refractivity contribution in [2.75, 3.05) is 11.9 Å². The highest BCUT2D eigenvalue weighted by atomic mass is 35.5. The van der Waals surface area contributed by atoms with E-state index < -0.39 is 17.8 Å². The summed E-state index contributed by atoms with van der Waals surface area (Å²) in [6.07, 6.45) is -1.04. The second-order valence-corrected chi connectivity index (χ2v) is 6.07. The molecule has 0 aliphatic carbocycles. The number of benzene rings is 1. The highest BCUT2D eigenvalue weighted by molar-refractivity contribution is 6.31. The number of carbonyl (C=O) groups is 2. The summed E-state index contributed by atoms with van der Waals surface area (Å²) in [5.41, 5.74) is 0.632. The van der Waals surface area contributed by atoms with Crippen molar-refractivity contribution in [2.45, 2.75) is 32.4 Å². The van der Waals surface area contributed by atoms with Gasteiger partial charge in [0.15, 0.2) is 0 Å². The number of carbonyl (C=O) groups excluding carboxylic acids is 2. The van der Waals surface area contributed by atoms with Crippen LogP contribution < -0.4 is 10.6 Å². The first-order valence-electron chi connectivity index (χ1n) is 6.47. The number of alkyl carbamates (subject to hydrolysis) is 1. The molecule has 1 atom stereocenters. The summed E-state index contributed by atoms with van der Waals surface area (Å²) in [7, 11) is 0. The van der Waals surface area contributed by atoms with E-state index in [1.165, 1.54) is 0 Å². The zero-order chi connectivity index (χ0) is 15.6. The van der Waals surface area contributed by atoms with Crippen molar-refractivity contribution in [1.82, 2.24) is 5.32 Å². The van der Waals surface area contributed by atoms with Gasteiger partial charge in [0.2, 0.25) is 0 Å². The molecule has 1 unspecified atom stereocenters. The van der Waals surface area contributed by atoms with E-state index in [1.54, 1.807) is 39.0 Å². The Morgan fingerprint density at radius 3 is 2.76 bits per heavy atom. The first kappa shape index (κ1) is 15.4. The molecule has 1 aromatic rings. The standard InChI is InChI=1S/C14H17ClN2O4/c1-14(2,3)21-13(19)16-8-4-5-10(15)9(6-8)11-7-20-12(18)17-11/h4-6,11H,7H2,1-3H3,(H,16,19)(H,17,18). The summed E-state index contributed by atoms with van der Waals surface area (Å²) >= 11 is 6.12. The van der Waals surface area contributed by atoms with E-state index >= 15 is 0 Å². The van der Waals surface area contributed by atoms with Gasteiger partial charge in [0.05, 0.1) is 6.04 Å². The van der Waals surface area contributed by atoms with Gasteiger partial charge in [-0.3, -0.25) is 5.32 Å². The lowest BCUT2D eigenvalue weighted by molar-refractivity contribution is 0.0636. The minimum atomic E-state index is -0.577. The number of cyclic esters (lactones) is 1. The topological polar surface area (TPSA) is 76.7 Å². The van der Waals surface area contributed by atoms with Crippen LogP contribution in [0.4, 0.5) is 15.3 Å². The molecular formula is C14H17ClN2O4. The Balaban J connectivity index is 2.11. The molecule has 0 spiro atoms. The summed E-state index contributed by atoms with van der Waals surface area (Å²) in [6, 6.07) is 4.67. The molecule has 0 bridgehead atoms. The summed E-state index contributed by atoms with van der Waals surface area (Å²) in [5.74, 6) is 0. The van der Waals surface area contributed by atoms with E-state index in [0.29, 0.717) is 16.3 Å². The molecule has 0 radical (unpaired) electrons. The second-order valence-electron chi connectivity index (χ2n) is 5.66. The van der Waals surface area contributed by atoms with Crippen LogP contribution in [0, 0.1) is 0 Å². The van der Waals surface area contributed by atoms with Crippen LogP contribution in [-0.4, -0.2) is 24.4 Å². The van der Waals surface area contributed by atoms with Crippen molar-refractivity contribution in [3.63, 3.8) is 0 Å². The zero-order valence-electron chi connectivity index (χ0n) is 12.0. The molecule has 0 aromatic heterocycles. The lowest BCUT2D eigenvalue weighted by atomic mass is 10.1. The number of hydrogen-bond acceptors (Lipinski definition) is 4. The van der Waals surface area contributed by atoms with Gasteiger partial charge in [-0.1, -0.05) is 11.6 Å². The van der Waals surface area contributed by atoms with Crippen molar-refractivity contribution in [3.8, 4) is 0 Å². The molecule has 1 aliphatic rings. The number of hydrogen-bond donors (Lipinski definition) is 2. The Morgan fingerprint density at radius 1 is 1.48 bits per heavy atom. The average molecular weight is 313 g/mol. The molecule has 7 heteroatoms. The van der Waals surface area contributed by atoms with E-state index in [9.17, 15) is 9.59 Å². The fraction of sp³-hybridized carbons (Fsp3) is 0.429. The maximum Gasteiger partial charge on any atom is 0.412 e. The molecule has 1 aromatic carbocycles. The van der Waals surface area contributed by atoms with Gasteiger partial charge in [-0.25, -0.2) is 9.59 Å². The van der Waals surface area contributed by atoms with E-state index in [1.807, 2.05) is 0 Å². The Morgan fingerprint density at radius 2 is 2.19 bits per heavy atom. The summed E-state index contributed by atoms with van der Waals surface area (Å²) in [5, 5.41) is 5.75. The van der Waals surface area contributed by atoms with Gasteiger partial charge in [-0.15, -0.1) is 0 Å². The third-order valence-corrected chi connectivity index (χ3v) is 3.03. The lowest BCUT2D eigenvalue weighted by Crippen LogP contribution is -2.27. The normalized spacial score (nSPS) is 17.9.